The maximum atomic E-state index is 13.8. The quantitative estimate of drug-likeness (QED) is 0.399. The van der Waals surface area contributed by atoms with Gasteiger partial charge in [-0.05, 0) is 48.9 Å². The zero-order valence-electron chi connectivity index (χ0n) is 20.6. The maximum absolute atomic E-state index is 13.8. The van der Waals surface area contributed by atoms with Crippen LogP contribution in [0.25, 0.3) is 10.9 Å². The van der Waals surface area contributed by atoms with Gasteiger partial charge >= 0.3 is 0 Å². The third-order valence-electron chi connectivity index (χ3n) is 6.46. The number of nitrogens with one attached hydrogen (secondary N) is 1. The van der Waals surface area contributed by atoms with Crippen molar-refractivity contribution in [2.24, 2.45) is 5.92 Å². The minimum atomic E-state index is -0.505. The Morgan fingerprint density at radius 1 is 1.00 bits per heavy atom. The molecular weight excluding hydrogens is 468 g/mol. The van der Waals surface area contributed by atoms with Crippen LogP contribution < -0.4 is 15.2 Å². The molecule has 1 fully saturated rings. The Kier molecular flexibility index (Phi) is 6.98. The predicted molar refractivity (Wildman–Crippen MR) is 141 cm³/mol. The lowest BCUT2D eigenvalue weighted by Crippen LogP contribution is -2.37. The average molecular weight is 497 g/mol. The molecule has 5 rings (SSSR count). The van der Waals surface area contributed by atoms with Crippen molar-refractivity contribution in [2.45, 2.75) is 26.4 Å². The van der Waals surface area contributed by atoms with Gasteiger partial charge in [-0.15, -0.1) is 0 Å². The topological polar surface area (TPSA) is 95.6 Å². The molecule has 1 aromatic heterocycles. The lowest BCUT2D eigenvalue weighted by molar-refractivity contribution is -0.137. The van der Waals surface area contributed by atoms with Crippen LogP contribution in [0, 0.1) is 5.92 Å². The summed E-state index contributed by atoms with van der Waals surface area (Å²) in [5, 5.41) is 0.500. The lowest BCUT2D eigenvalue weighted by Gasteiger charge is -2.25. The molecule has 8 heteroatoms. The molecule has 0 bridgehead atoms. The maximum Gasteiger partial charge on any atom is 0.258 e. The van der Waals surface area contributed by atoms with Crippen molar-refractivity contribution in [3.8, 4) is 5.75 Å². The van der Waals surface area contributed by atoms with Crippen molar-refractivity contribution >= 4 is 28.4 Å². The molecule has 37 heavy (non-hydrogen) atoms. The number of carbonyl (C=O) groups is 2. The van der Waals surface area contributed by atoms with Gasteiger partial charge in [0.1, 0.15) is 11.6 Å². The van der Waals surface area contributed by atoms with Gasteiger partial charge in [0.25, 0.3) is 5.56 Å². The molecular formula is C29H28N4O4. The summed E-state index contributed by atoms with van der Waals surface area (Å²) >= 11 is 0. The summed E-state index contributed by atoms with van der Waals surface area (Å²) < 4.78 is 5.49. The van der Waals surface area contributed by atoms with E-state index in [2.05, 4.69) is 9.97 Å². The molecule has 8 nitrogen and oxygen atoms in total. The first kappa shape index (κ1) is 24.2. The van der Waals surface area contributed by atoms with E-state index in [1.54, 1.807) is 28.0 Å². The fraction of sp³-hybridized carbons (Fsp3) is 0.241. The highest BCUT2D eigenvalue weighted by molar-refractivity contribution is 6.00. The number of aromatic amines is 1. The zero-order chi connectivity index (χ0) is 25.8. The number of amides is 2. The summed E-state index contributed by atoms with van der Waals surface area (Å²) in [6, 6.07) is 24.1. The molecule has 4 aromatic rings. The van der Waals surface area contributed by atoms with Crippen LogP contribution in [0.1, 0.15) is 24.7 Å². The molecule has 0 aliphatic carbocycles. The molecule has 0 spiro atoms. The number of rotatable bonds is 8. The van der Waals surface area contributed by atoms with Gasteiger partial charge in [0, 0.05) is 25.2 Å². The molecule has 3 aromatic carbocycles. The second-order valence-electron chi connectivity index (χ2n) is 9.04. The van der Waals surface area contributed by atoms with Gasteiger partial charge in [0.15, 0.2) is 0 Å². The highest BCUT2D eigenvalue weighted by Gasteiger charge is 2.37. The number of nitrogens with zero attached hydrogens (tertiary/aromatic N) is 3. The predicted octanol–water partition coefficient (Wildman–Crippen LogP) is 3.90. The Morgan fingerprint density at radius 2 is 1.73 bits per heavy atom. The Morgan fingerprint density at radius 3 is 2.49 bits per heavy atom. The van der Waals surface area contributed by atoms with Crippen molar-refractivity contribution in [1.82, 2.24) is 14.9 Å². The van der Waals surface area contributed by atoms with E-state index in [1.807, 2.05) is 67.6 Å². The van der Waals surface area contributed by atoms with E-state index in [1.165, 1.54) is 0 Å². The monoisotopic (exact) mass is 496 g/mol. The normalized spacial score (nSPS) is 15.2. The van der Waals surface area contributed by atoms with Crippen LogP contribution in [-0.4, -0.2) is 39.8 Å². The average Bonchev–Trinajstić information content (AvgIpc) is 3.30. The Hall–Kier alpha value is -4.46. The highest BCUT2D eigenvalue weighted by atomic mass is 16.5. The van der Waals surface area contributed by atoms with Gasteiger partial charge in [0.2, 0.25) is 11.8 Å². The number of hydrogen-bond acceptors (Lipinski definition) is 5. The van der Waals surface area contributed by atoms with Crippen LogP contribution >= 0.6 is 0 Å². The van der Waals surface area contributed by atoms with Gasteiger partial charge in [-0.2, -0.15) is 0 Å². The molecule has 1 aliphatic rings. The molecule has 1 N–H and O–H groups in total. The largest absolute Gasteiger partial charge is 0.494 e. The molecule has 2 amide bonds. The zero-order valence-corrected chi connectivity index (χ0v) is 20.6. The Balaban J connectivity index is 1.39. The highest BCUT2D eigenvalue weighted by Crippen LogP contribution is 2.28. The third kappa shape index (κ3) is 5.38. The number of aromatic nitrogens is 2. The van der Waals surface area contributed by atoms with Crippen LogP contribution in [-0.2, 0) is 22.7 Å². The molecule has 188 valence electrons. The van der Waals surface area contributed by atoms with Crippen molar-refractivity contribution in [1.29, 1.82) is 0 Å². The molecule has 0 radical (unpaired) electrons. The number of benzene rings is 3. The SMILES string of the molecule is CCOc1ccc(N2CC(C(=O)N(Cc3ccccc3)Cc3nc4ccccc4c(=O)[nH]3)CC2=O)cc1. The first-order valence-electron chi connectivity index (χ1n) is 12.4. The van der Waals surface area contributed by atoms with E-state index in [4.69, 9.17) is 4.74 Å². The van der Waals surface area contributed by atoms with Gasteiger partial charge < -0.3 is 19.5 Å². The Labute approximate surface area is 214 Å². The van der Waals surface area contributed by atoms with E-state index >= 15 is 0 Å². The molecule has 1 unspecified atom stereocenters. The third-order valence-corrected chi connectivity index (χ3v) is 6.46. The number of para-hydroxylation sites is 1. The number of hydrogen-bond donors (Lipinski definition) is 1. The van der Waals surface area contributed by atoms with Gasteiger partial charge in [-0.3, -0.25) is 14.4 Å². The first-order valence-corrected chi connectivity index (χ1v) is 12.4. The van der Waals surface area contributed by atoms with Crippen LogP contribution in [0.2, 0.25) is 0 Å². The van der Waals surface area contributed by atoms with Crippen molar-refractivity contribution in [3.05, 3.63) is 101 Å². The first-order chi connectivity index (χ1) is 18.0. The molecule has 0 saturated carbocycles. The molecule has 2 heterocycles. The van der Waals surface area contributed by atoms with E-state index in [-0.39, 0.29) is 30.3 Å². The van der Waals surface area contributed by atoms with Crippen molar-refractivity contribution < 1.29 is 14.3 Å². The fourth-order valence-corrected chi connectivity index (χ4v) is 4.68. The van der Waals surface area contributed by atoms with E-state index in [0.717, 1.165) is 17.0 Å². The molecule has 1 saturated heterocycles. The van der Waals surface area contributed by atoms with Crippen molar-refractivity contribution in [3.63, 3.8) is 0 Å². The minimum absolute atomic E-state index is 0.0978. The smallest absolute Gasteiger partial charge is 0.258 e. The number of H-pyrrole nitrogens is 1. The summed E-state index contributed by atoms with van der Waals surface area (Å²) in [6.45, 7) is 3.23. The Bertz CT molecular complexity index is 1470. The number of fused-ring (bicyclic) bond motifs is 1. The number of anilines is 1. The number of carbonyl (C=O) groups excluding carboxylic acids is 2. The second kappa shape index (κ2) is 10.7. The summed E-state index contributed by atoms with van der Waals surface area (Å²) in [4.78, 5) is 50.0. The standard InChI is InChI=1S/C29H28N4O4/c1-2-37-23-14-12-22(13-15-23)33-18-21(16-27(33)34)29(36)32(17-20-8-4-3-5-9-20)19-26-30-25-11-7-6-10-24(25)28(35)31-26/h3-15,21H,2,16-19H2,1H3,(H,30,31,35). The summed E-state index contributed by atoms with van der Waals surface area (Å²) in [5.41, 5.74) is 2.02. The molecule has 1 atom stereocenters. The fourth-order valence-electron chi connectivity index (χ4n) is 4.68. The van der Waals surface area contributed by atoms with Gasteiger partial charge in [-0.1, -0.05) is 42.5 Å². The number of ether oxygens (including phenoxy) is 1. The van der Waals surface area contributed by atoms with Crippen LogP contribution in [0.15, 0.2) is 83.7 Å². The van der Waals surface area contributed by atoms with E-state index in [9.17, 15) is 14.4 Å². The van der Waals surface area contributed by atoms with Crippen LogP contribution in [0.4, 0.5) is 5.69 Å². The minimum Gasteiger partial charge on any atom is -0.494 e. The molecule has 1 aliphatic heterocycles. The van der Waals surface area contributed by atoms with Gasteiger partial charge in [0.05, 0.1) is 30.0 Å². The van der Waals surface area contributed by atoms with E-state index < -0.39 is 5.92 Å². The van der Waals surface area contributed by atoms with Crippen molar-refractivity contribution in [2.75, 3.05) is 18.1 Å². The van der Waals surface area contributed by atoms with Crippen LogP contribution in [0.3, 0.4) is 0 Å². The van der Waals surface area contributed by atoms with E-state index in [0.29, 0.717) is 36.4 Å². The lowest BCUT2D eigenvalue weighted by atomic mass is 10.1. The second-order valence-corrected chi connectivity index (χ2v) is 9.04. The van der Waals surface area contributed by atoms with Crippen LogP contribution in [0.5, 0.6) is 5.75 Å². The van der Waals surface area contributed by atoms with Gasteiger partial charge in [-0.25, -0.2) is 4.98 Å². The summed E-state index contributed by atoms with van der Waals surface area (Å²) in [7, 11) is 0. The summed E-state index contributed by atoms with van der Waals surface area (Å²) in [6.07, 6.45) is 0.124. The summed E-state index contributed by atoms with van der Waals surface area (Å²) in [5.74, 6) is 0.382.